The number of benzene rings is 1. The van der Waals surface area contributed by atoms with Crippen LogP contribution in [0.15, 0.2) is 61.1 Å². The average Bonchev–Trinajstić information content (AvgIpc) is 3.40. The van der Waals surface area contributed by atoms with E-state index in [0.717, 1.165) is 38.9 Å². The van der Waals surface area contributed by atoms with Gasteiger partial charge in [0.25, 0.3) is 0 Å². The normalized spacial score (nSPS) is 12.6. The summed E-state index contributed by atoms with van der Waals surface area (Å²) in [5, 5.41) is 23.1. The van der Waals surface area contributed by atoms with Gasteiger partial charge in [-0.15, -0.1) is 5.10 Å². The maximum atomic E-state index is 9.08. The van der Waals surface area contributed by atoms with Crippen LogP contribution in [0.4, 0.5) is 0 Å². The van der Waals surface area contributed by atoms with Crippen LogP contribution >= 0.6 is 0 Å². The Labute approximate surface area is 166 Å². The SMILES string of the molecule is C[C@H](c1ccc2ncccc2c1)n1nnc2ccc(-c3cnn(CCO)c3)nc21. The van der Waals surface area contributed by atoms with Crippen molar-refractivity contribution in [3.05, 3.63) is 66.6 Å². The van der Waals surface area contributed by atoms with Crippen LogP contribution in [-0.4, -0.2) is 46.5 Å². The minimum atomic E-state index is -0.0375. The highest BCUT2D eigenvalue weighted by molar-refractivity contribution is 5.79. The zero-order valence-electron chi connectivity index (χ0n) is 15.8. The van der Waals surface area contributed by atoms with Gasteiger partial charge in [0.05, 0.1) is 36.6 Å². The predicted molar refractivity (Wildman–Crippen MR) is 109 cm³/mol. The highest BCUT2D eigenvalue weighted by Crippen LogP contribution is 2.25. The Hall–Kier alpha value is -3.65. The molecule has 0 fully saturated rings. The number of pyridine rings is 2. The Balaban J connectivity index is 1.55. The van der Waals surface area contributed by atoms with Gasteiger partial charge in [0.2, 0.25) is 0 Å². The largest absolute Gasteiger partial charge is 0.394 e. The van der Waals surface area contributed by atoms with Crippen LogP contribution in [0.5, 0.6) is 0 Å². The Kier molecular flexibility index (Phi) is 4.25. The van der Waals surface area contributed by atoms with E-state index in [-0.39, 0.29) is 12.6 Å². The summed E-state index contributed by atoms with van der Waals surface area (Å²) in [6.07, 6.45) is 5.42. The fourth-order valence-corrected chi connectivity index (χ4v) is 3.46. The van der Waals surface area contributed by atoms with Crippen molar-refractivity contribution < 1.29 is 5.11 Å². The van der Waals surface area contributed by atoms with Gasteiger partial charge >= 0.3 is 0 Å². The van der Waals surface area contributed by atoms with E-state index in [1.54, 1.807) is 17.1 Å². The van der Waals surface area contributed by atoms with E-state index in [9.17, 15) is 0 Å². The molecule has 0 saturated heterocycles. The number of aromatic nitrogens is 7. The first-order valence-corrected chi connectivity index (χ1v) is 9.43. The maximum Gasteiger partial charge on any atom is 0.179 e. The lowest BCUT2D eigenvalue weighted by Crippen LogP contribution is -2.09. The third-order valence-corrected chi connectivity index (χ3v) is 5.05. The minimum absolute atomic E-state index is 0.0375. The van der Waals surface area contributed by atoms with Crippen LogP contribution in [0, 0.1) is 0 Å². The molecule has 29 heavy (non-hydrogen) atoms. The number of hydrogen-bond acceptors (Lipinski definition) is 6. The van der Waals surface area contributed by atoms with E-state index in [1.807, 2.05) is 35.1 Å². The molecule has 1 aromatic carbocycles. The molecule has 0 aliphatic heterocycles. The highest BCUT2D eigenvalue weighted by Gasteiger charge is 2.16. The van der Waals surface area contributed by atoms with Crippen molar-refractivity contribution in [3.63, 3.8) is 0 Å². The fraction of sp³-hybridized carbons (Fsp3) is 0.190. The molecule has 0 radical (unpaired) electrons. The molecule has 5 rings (SSSR count). The molecule has 144 valence electrons. The van der Waals surface area contributed by atoms with Crippen LogP contribution < -0.4 is 0 Å². The number of nitrogens with zero attached hydrogens (tertiary/aromatic N) is 7. The Morgan fingerprint density at radius 3 is 2.90 bits per heavy atom. The smallest absolute Gasteiger partial charge is 0.179 e. The monoisotopic (exact) mass is 385 g/mol. The third kappa shape index (κ3) is 3.13. The molecule has 4 heterocycles. The molecule has 1 atom stereocenters. The number of hydrogen-bond donors (Lipinski definition) is 1. The summed E-state index contributed by atoms with van der Waals surface area (Å²) in [4.78, 5) is 9.18. The van der Waals surface area contributed by atoms with Gasteiger partial charge in [0.15, 0.2) is 5.65 Å². The van der Waals surface area contributed by atoms with Crippen LogP contribution in [0.25, 0.3) is 33.3 Å². The zero-order valence-corrected chi connectivity index (χ0v) is 15.8. The summed E-state index contributed by atoms with van der Waals surface area (Å²) >= 11 is 0. The third-order valence-electron chi connectivity index (χ3n) is 5.05. The Morgan fingerprint density at radius 1 is 1.10 bits per heavy atom. The van der Waals surface area contributed by atoms with Gasteiger partial charge < -0.3 is 5.11 Å². The molecule has 4 aromatic heterocycles. The Morgan fingerprint density at radius 2 is 2.00 bits per heavy atom. The summed E-state index contributed by atoms with van der Waals surface area (Å²) in [7, 11) is 0. The van der Waals surface area contributed by atoms with Gasteiger partial charge in [0, 0.05) is 23.3 Å². The lowest BCUT2D eigenvalue weighted by molar-refractivity contribution is 0.269. The van der Waals surface area contributed by atoms with Crippen LogP contribution in [0.3, 0.4) is 0 Å². The first kappa shape index (κ1) is 17.4. The zero-order chi connectivity index (χ0) is 19.8. The number of aliphatic hydroxyl groups excluding tert-OH is 1. The molecular formula is C21H19N7O. The average molecular weight is 385 g/mol. The Bertz CT molecular complexity index is 1310. The molecule has 0 saturated carbocycles. The topological polar surface area (TPSA) is 94.5 Å². The standard InChI is InChI=1S/C21H19N7O/c1-14(15-4-5-18-16(11-15)3-2-8-22-18)28-21-20(25-26-28)7-6-19(24-21)17-12-23-27(13-17)9-10-29/h2-8,11-14,29H,9-10H2,1H3/t14-/m1/s1. The summed E-state index contributed by atoms with van der Waals surface area (Å²) in [6, 6.07) is 14.0. The molecule has 0 aliphatic rings. The summed E-state index contributed by atoms with van der Waals surface area (Å²) < 4.78 is 3.54. The van der Waals surface area contributed by atoms with Crippen molar-refractivity contribution in [1.29, 1.82) is 0 Å². The van der Waals surface area contributed by atoms with E-state index in [1.165, 1.54) is 0 Å². The molecule has 1 N–H and O–H groups in total. The van der Waals surface area contributed by atoms with Gasteiger partial charge in [-0.05, 0) is 42.8 Å². The molecule has 0 aliphatic carbocycles. The highest BCUT2D eigenvalue weighted by atomic mass is 16.3. The number of rotatable bonds is 5. The predicted octanol–water partition coefficient (Wildman–Crippen LogP) is 2.84. The molecule has 0 unspecified atom stereocenters. The fourth-order valence-electron chi connectivity index (χ4n) is 3.46. The second kappa shape index (κ2) is 7.06. The second-order valence-electron chi connectivity index (χ2n) is 6.92. The molecular weight excluding hydrogens is 366 g/mol. The van der Waals surface area contributed by atoms with Gasteiger partial charge in [0.1, 0.15) is 5.52 Å². The van der Waals surface area contributed by atoms with E-state index in [2.05, 4.69) is 45.5 Å². The molecule has 5 aromatic rings. The first-order valence-electron chi connectivity index (χ1n) is 9.43. The quantitative estimate of drug-likeness (QED) is 0.500. The molecule has 0 amide bonds. The van der Waals surface area contributed by atoms with Crippen LogP contribution in [0.1, 0.15) is 18.5 Å². The number of aliphatic hydroxyl groups is 1. The van der Waals surface area contributed by atoms with Crippen molar-refractivity contribution in [1.82, 2.24) is 34.7 Å². The van der Waals surface area contributed by atoms with Gasteiger partial charge in [-0.1, -0.05) is 17.3 Å². The van der Waals surface area contributed by atoms with Gasteiger partial charge in [-0.3, -0.25) is 9.67 Å². The summed E-state index contributed by atoms with van der Waals surface area (Å²) in [5.41, 5.74) is 5.21. The first-order chi connectivity index (χ1) is 14.2. The summed E-state index contributed by atoms with van der Waals surface area (Å²) in [6.45, 7) is 2.58. The molecule has 8 nitrogen and oxygen atoms in total. The molecule has 8 heteroatoms. The van der Waals surface area contributed by atoms with E-state index >= 15 is 0 Å². The van der Waals surface area contributed by atoms with Gasteiger partial charge in [-0.2, -0.15) is 5.10 Å². The van der Waals surface area contributed by atoms with Crippen LogP contribution in [0.2, 0.25) is 0 Å². The van der Waals surface area contributed by atoms with E-state index in [4.69, 9.17) is 10.1 Å². The molecule has 0 bridgehead atoms. The van der Waals surface area contributed by atoms with Crippen LogP contribution in [-0.2, 0) is 6.54 Å². The lowest BCUT2D eigenvalue weighted by Gasteiger charge is -2.13. The van der Waals surface area contributed by atoms with E-state index < -0.39 is 0 Å². The lowest BCUT2D eigenvalue weighted by atomic mass is 10.1. The van der Waals surface area contributed by atoms with Crippen molar-refractivity contribution in [2.75, 3.05) is 6.61 Å². The van der Waals surface area contributed by atoms with Crippen molar-refractivity contribution >= 4 is 22.1 Å². The van der Waals surface area contributed by atoms with Crippen molar-refractivity contribution in [2.24, 2.45) is 0 Å². The van der Waals surface area contributed by atoms with Gasteiger partial charge in [-0.25, -0.2) is 9.67 Å². The molecule has 0 spiro atoms. The number of fused-ring (bicyclic) bond motifs is 2. The van der Waals surface area contributed by atoms with Crippen molar-refractivity contribution in [3.8, 4) is 11.3 Å². The second-order valence-corrected chi connectivity index (χ2v) is 6.92. The maximum absolute atomic E-state index is 9.08. The van der Waals surface area contributed by atoms with E-state index in [0.29, 0.717) is 6.54 Å². The van der Waals surface area contributed by atoms with Crippen molar-refractivity contribution in [2.45, 2.75) is 19.5 Å². The minimum Gasteiger partial charge on any atom is -0.394 e. The summed E-state index contributed by atoms with van der Waals surface area (Å²) in [5.74, 6) is 0.